The summed E-state index contributed by atoms with van der Waals surface area (Å²) in [5.41, 5.74) is 2.82. The van der Waals surface area contributed by atoms with Gasteiger partial charge >= 0.3 is 0 Å². The van der Waals surface area contributed by atoms with E-state index in [0.717, 1.165) is 5.56 Å². The maximum absolute atomic E-state index is 11.4. The van der Waals surface area contributed by atoms with Gasteiger partial charge in [0.25, 0.3) is 0 Å². The number of anilines is 1. The summed E-state index contributed by atoms with van der Waals surface area (Å²) in [5.74, 6) is 0.593. The van der Waals surface area contributed by atoms with Crippen LogP contribution in [0.25, 0.3) is 0 Å². The normalized spacial score (nSPS) is 14.5. The summed E-state index contributed by atoms with van der Waals surface area (Å²) in [7, 11) is 1.58. The SMILES string of the molecule is COc1cccc(C(O)c2cc(Cl)c3c(c2)CC(=O)N3)c1. The second kappa shape index (κ2) is 5.39. The maximum atomic E-state index is 11.4. The van der Waals surface area contributed by atoms with E-state index in [0.29, 0.717) is 27.6 Å². The van der Waals surface area contributed by atoms with E-state index in [4.69, 9.17) is 16.3 Å². The minimum atomic E-state index is -0.821. The number of hydrogen-bond acceptors (Lipinski definition) is 3. The van der Waals surface area contributed by atoms with Crippen LogP contribution in [0, 0.1) is 0 Å². The Labute approximate surface area is 127 Å². The van der Waals surface area contributed by atoms with E-state index < -0.39 is 6.10 Å². The third kappa shape index (κ3) is 2.60. The molecule has 2 aromatic carbocycles. The molecule has 1 amide bonds. The van der Waals surface area contributed by atoms with Gasteiger partial charge in [0.15, 0.2) is 0 Å². The predicted molar refractivity (Wildman–Crippen MR) is 80.8 cm³/mol. The van der Waals surface area contributed by atoms with Crippen LogP contribution in [0.1, 0.15) is 22.8 Å². The van der Waals surface area contributed by atoms with Crippen LogP contribution in [0.4, 0.5) is 5.69 Å². The molecule has 3 rings (SSSR count). The van der Waals surface area contributed by atoms with Crippen molar-refractivity contribution in [3.05, 3.63) is 58.1 Å². The lowest BCUT2D eigenvalue weighted by atomic mass is 9.98. The Balaban J connectivity index is 1.98. The van der Waals surface area contributed by atoms with Crippen LogP contribution < -0.4 is 10.1 Å². The maximum Gasteiger partial charge on any atom is 0.228 e. The molecule has 21 heavy (non-hydrogen) atoms. The summed E-state index contributed by atoms with van der Waals surface area (Å²) < 4.78 is 5.16. The zero-order valence-electron chi connectivity index (χ0n) is 11.4. The lowest BCUT2D eigenvalue weighted by Crippen LogP contribution is -2.03. The van der Waals surface area contributed by atoms with Crippen molar-refractivity contribution in [2.45, 2.75) is 12.5 Å². The van der Waals surface area contributed by atoms with Crippen molar-refractivity contribution >= 4 is 23.2 Å². The molecule has 0 fully saturated rings. The average molecular weight is 304 g/mol. The van der Waals surface area contributed by atoms with Crippen LogP contribution in [0.5, 0.6) is 5.75 Å². The molecule has 0 spiro atoms. The van der Waals surface area contributed by atoms with Crippen LogP contribution in [0.3, 0.4) is 0 Å². The van der Waals surface area contributed by atoms with E-state index in [1.807, 2.05) is 24.3 Å². The fraction of sp³-hybridized carbons (Fsp3) is 0.188. The van der Waals surface area contributed by atoms with Crippen LogP contribution >= 0.6 is 11.6 Å². The second-order valence-electron chi connectivity index (χ2n) is 4.94. The first kappa shape index (κ1) is 13.9. The van der Waals surface area contributed by atoms with Crippen molar-refractivity contribution in [3.63, 3.8) is 0 Å². The molecule has 1 heterocycles. The molecule has 5 heteroatoms. The van der Waals surface area contributed by atoms with E-state index in [2.05, 4.69) is 5.32 Å². The van der Waals surface area contributed by atoms with E-state index >= 15 is 0 Å². The van der Waals surface area contributed by atoms with Crippen molar-refractivity contribution in [2.24, 2.45) is 0 Å². The molecule has 1 aliphatic rings. The fourth-order valence-electron chi connectivity index (χ4n) is 2.48. The number of ether oxygens (including phenoxy) is 1. The van der Waals surface area contributed by atoms with Crippen LogP contribution in [-0.2, 0) is 11.2 Å². The molecule has 0 bridgehead atoms. The number of rotatable bonds is 3. The molecule has 2 N–H and O–H groups in total. The van der Waals surface area contributed by atoms with Crippen LogP contribution in [0.2, 0.25) is 5.02 Å². The van der Waals surface area contributed by atoms with Gasteiger partial charge in [0.1, 0.15) is 11.9 Å². The van der Waals surface area contributed by atoms with Crippen molar-refractivity contribution in [1.29, 1.82) is 0 Å². The molecule has 1 aliphatic heterocycles. The highest BCUT2D eigenvalue weighted by atomic mass is 35.5. The number of hydrogen-bond donors (Lipinski definition) is 2. The van der Waals surface area contributed by atoms with Gasteiger partial charge in [-0.15, -0.1) is 0 Å². The molecule has 0 saturated heterocycles. The van der Waals surface area contributed by atoms with Gasteiger partial charge in [-0.3, -0.25) is 4.79 Å². The Hall–Kier alpha value is -2.04. The first-order valence-corrected chi connectivity index (χ1v) is 6.90. The molecule has 108 valence electrons. The summed E-state index contributed by atoms with van der Waals surface area (Å²) in [4.78, 5) is 11.4. The highest BCUT2D eigenvalue weighted by Gasteiger charge is 2.23. The van der Waals surface area contributed by atoms with E-state index in [9.17, 15) is 9.90 Å². The van der Waals surface area contributed by atoms with Gasteiger partial charge < -0.3 is 15.2 Å². The lowest BCUT2D eigenvalue weighted by Gasteiger charge is -2.14. The Bertz CT molecular complexity index is 715. The molecule has 1 unspecified atom stereocenters. The molecule has 0 saturated carbocycles. The molecule has 0 aromatic heterocycles. The van der Waals surface area contributed by atoms with Gasteiger partial charge in [-0.05, 0) is 34.9 Å². The van der Waals surface area contributed by atoms with Gasteiger partial charge in [0.2, 0.25) is 5.91 Å². The van der Waals surface area contributed by atoms with Crippen LogP contribution in [0.15, 0.2) is 36.4 Å². The molecular weight excluding hydrogens is 290 g/mol. The second-order valence-corrected chi connectivity index (χ2v) is 5.35. The third-order valence-electron chi connectivity index (χ3n) is 3.53. The van der Waals surface area contributed by atoms with Gasteiger partial charge in [0.05, 0.1) is 24.2 Å². The van der Waals surface area contributed by atoms with Gasteiger partial charge in [-0.2, -0.15) is 0 Å². The first-order chi connectivity index (χ1) is 10.1. The number of fused-ring (bicyclic) bond motifs is 1. The number of amides is 1. The number of aliphatic hydroxyl groups excluding tert-OH is 1. The number of methoxy groups -OCH3 is 1. The largest absolute Gasteiger partial charge is 0.497 e. The highest BCUT2D eigenvalue weighted by Crippen LogP contribution is 2.36. The number of halogens is 1. The zero-order chi connectivity index (χ0) is 15.0. The van der Waals surface area contributed by atoms with E-state index in [1.165, 1.54) is 0 Å². The molecule has 0 aliphatic carbocycles. The standard InChI is InChI=1S/C16H14ClNO3/c1-21-12-4-2-3-9(6-12)16(20)11-5-10-8-14(19)18-15(10)13(17)7-11/h2-7,16,20H,8H2,1H3,(H,18,19). The monoisotopic (exact) mass is 303 g/mol. The molecule has 4 nitrogen and oxygen atoms in total. The fourth-order valence-corrected chi connectivity index (χ4v) is 2.78. The van der Waals surface area contributed by atoms with Crippen molar-refractivity contribution in [3.8, 4) is 5.75 Å². The Morgan fingerprint density at radius 2 is 2.10 bits per heavy atom. The molecule has 1 atom stereocenters. The van der Waals surface area contributed by atoms with Gasteiger partial charge in [0, 0.05) is 0 Å². The van der Waals surface area contributed by atoms with Crippen molar-refractivity contribution in [1.82, 2.24) is 0 Å². The minimum absolute atomic E-state index is 0.0834. The summed E-state index contributed by atoms with van der Waals surface area (Å²) in [5, 5.41) is 13.7. The lowest BCUT2D eigenvalue weighted by molar-refractivity contribution is -0.115. The molecule has 2 aromatic rings. The number of aliphatic hydroxyl groups is 1. The van der Waals surface area contributed by atoms with Crippen LogP contribution in [-0.4, -0.2) is 18.1 Å². The quantitative estimate of drug-likeness (QED) is 0.916. The van der Waals surface area contributed by atoms with Gasteiger partial charge in [-0.25, -0.2) is 0 Å². The summed E-state index contributed by atoms with van der Waals surface area (Å²) in [6.07, 6.45) is -0.535. The smallest absolute Gasteiger partial charge is 0.228 e. The van der Waals surface area contributed by atoms with Gasteiger partial charge in [-0.1, -0.05) is 29.8 Å². The minimum Gasteiger partial charge on any atom is -0.497 e. The Morgan fingerprint density at radius 3 is 2.86 bits per heavy atom. The zero-order valence-corrected chi connectivity index (χ0v) is 12.1. The van der Waals surface area contributed by atoms with Crippen molar-refractivity contribution in [2.75, 3.05) is 12.4 Å². The Morgan fingerprint density at radius 1 is 1.29 bits per heavy atom. The topological polar surface area (TPSA) is 58.6 Å². The predicted octanol–water partition coefficient (Wildman–Crippen LogP) is 2.92. The first-order valence-electron chi connectivity index (χ1n) is 6.52. The molecular formula is C16H14ClNO3. The number of nitrogens with one attached hydrogen (secondary N) is 1. The molecule has 0 radical (unpaired) electrons. The summed E-state index contributed by atoms with van der Waals surface area (Å²) in [6, 6.07) is 10.7. The summed E-state index contributed by atoms with van der Waals surface area (Å²) in [6.45, 7) is 0. The number of carbonyl (C=O) groups excluding carboxylic acids is 1. The number of carbonyl (C=O) groups is 1. The third-order valence-corrected chi connectivity index (χ3v) is 3.83. The van der Waals surface area contributed by atoms with Crippen molar-refractivity contribution < 1.29 is 14.6 Å². The Kier molecular flexibility index (Phi) is 3.57. The summed E-state index contributed by atoms with van der Waals surface area (Å²) >= 11 is 6.18. The van der Waals surface area contributed by atoms with E-state index in [-0.39, 0.29) is 12.3 Å². The average Bonchev–Trinajstić information content (AvgIpc) is 2.87. The number of benzene rings is 2. The highest BCUT2D eigenvalue weighted by molar-refractivity contribution is 6.34. The van der Waals surface area contributed by atoms with E-state index in [1.54, 1.807) is 19.2 Å².